The number of hydrogen-bond acceptors (Lipinski definition) is 5. The molecule has 21 heavy (non-hydrogen) atoms. The zero-order valence-corrected chi connectivity index (χ0v) is 15.6. The number of thioether (sulfide) groups is 3. The van der Waals surface area contributed by atoms with Crippen molar-refractivity contribution in [2.75, 3.05) is 23.0 Å². The van der Waals surface area contributed by atoms with Crippen LogP contribution >= 0.6 is 35.3 Å². The maximum Gasteiger partial charge on any atom is 0.00705 e. The standard InChI is InChI=1S/C16H18S5/c17-13-5-1-3-7-15(13)20-11-9-19-10-12-21-16-8-4-2-6-14(16)18/h1-8,17-18H,9-12H2/p-2. The molecule has 0 amide bonds. The normalized spacial score (nSPS) is 10.7. The number of hydrogen-bond donors (Lipinski definition) is 0. The molecule has 0 nitrogen and oxygen atoms in total. The molecule has 5 heteroatoms. The van der Waals surface area contributed by atoms with E-state index in [-0.39, 0.29) is 0 Å². The van der Waals surface area contributed by atoms with Gasteiger partial charge in [0.15, 0.2) is 0 Å². The fourth-order valence-electron chi connectivity index (χ4n) is 1.66. The second-order valence-electron chi connectivity index (χ2n) is 4.20. The van der Waals surface area contributed by atoms with Crippen molar-refractivity contribution in [3.05, 3.63) is 48.5 Å². The van der Waals surface area contributed by atoms with Gasteiger partial charge in [-0.3, -0.25) is 0 Å². The Morgan fingerprint density at radius 3 is 1.48 bits per heavy atom. The van der Waals surface area contributed by atoms with Crippen molar-refractivity contribution < 1.29 is 0 Å². The SMILES string of the molecule is [S-]c1ccccc1SCCSCCSc1ccccc1[S-]. The molecule has 2 aromatic carbocycles. The molecular weight excluding hydrogens is 353 g/mol. The van der Waals surface area contributed by atoms with Crippen LogP contribution in [0.4, 0.5) is 0 Å². The van der Waals surface area contributed by atoms with Gasteiger partial charge in [-0.25, -0.2) is 0 Å². The molecule has 0 spiro atoms. The zero-order chi connectivity index (χ0) is 14.9. The predicted molar refractivity (Wildman–Crippen MR) is 103 cm³/mol. The van der Waals surface area contributed by atoms with E-state index in [1.807, 2.05) is 71.7 Å². The van der Waals surface area contributed by atoms with Crippen LogP contribution < -0.4 is 0 Å². The van der Waals surface area contributed by atoms with E-state index in [4.69, 9.17) is 25.3 Å². The first kappa shape index (κ1) is 17.3. The third kappa shape index (κ3) is 6.28. The van der Waals surface area contributed by atoms with Gasteiger partial charge in [-0.2, -0.15) is 21.6 Å². The lowest BCUT2D eigenvalue weighted by Gasteiger charge is -2.13. The molecule has 0 bridgehead atoms. The van der Waals surface area contributed by atoms with Gasteiger partial charge in [0, 0.05) is 23.0 Å². The fraction of sp³-hybridized carbons (Fsp3) is 0.250. The van der Waals surface area contributed by atoms with Crippen LogP contribution in [0.3, 0.4) is 0 Å². The Labute approximate surface area is 151 Å². The quantitative estimate of drug-likeness (QED) is 0.359. The van der Waals surface area contributed by atoms with E-state index in [1.54, 1.807) is 0 Å². The highest BCUT2D eigenvalue weighted by molar-refractivity contribution is 8.04. The van der Waals surface area contributed by atoms with Crippen molar-refractivity contribution >= 4 is 60.5 Å². The summed E-state index contributed by atoms with van der Waals surface area (Å²) in [4.78, 5) is 4.38. The van der Waals surface area contributed by atoms with Crippen LogP contribution in [-0.2, 0) is 25.3 Å². The molecule has 0 unspecified atom stereocenters. The van der Waals surface area contributed by atoms with E-state index in [1.165, 1.54) is 9.79 Å². The molecule has 0 radical (unpaired) electrons. The first-order chi connectivity index (χ1) is 10.3. The largest absolute Gasteiger partial charge is 0.779 e. The minimum Gasteiger partial charge on any atom is -0.779 e. The van der Waals surface area contributed by atoms with Crippen LogP contribution in [0.1, 0.15) is 0 Å². The van der Waals surface area contributed by atoms with Crippen LogP contribution in [0.5, 0.6) is 0 Å². The molecule has 0 atom stereocenters. The Morgan fingerprint density at radius 1 is 0.619 bits per heavy atom. The summed E-state index contributed by atoms with van der Waals surface area (Å²) in [6.45, 7) is 0. The van der Waals surface area contributed by atoms with E-state index < -0.39 is 0 Å². The molecule has 0 aromatic heterocycles. The second kappa shape index (κ2) is 9.85. The third-order valence-corrected chi connectivity index (χ3v) is 7.29. The highest BCUT2D eigenvalue weighted by atomic mass is 32.2. The highest BCUT2D eigenvalue weighted by Gasteiger charge is 1.96. The third-order valence-electron chi connectivity index (χ3n) is 2.67. The van der Waals surface area contributed by atoms with Crippen molar-refractivity contribution in [2.45, 2.75) is 19.6 Å². The summed E-state index contributed by atoms with van der Waals surface area (Å²) in [6.07, 6.45) is 0. The first-order valence-electron chi connectivity index (χ1n) is 6.63. The van der Waals surface area contributed by atoms with E-state index >= 15 is 0 Å². The smallest absolute Gasteiger partial charge is 0.00705 e. The molecule has 0 N–H and O–H groups in total. The van der Waals surface area contributed by atoms with Crippen molar-refractivity contribution in [1.82, 2.24) is 0 Å². The van der Waals surface area contributed by atoms with Gasteiger partial charge in [0.05, 0.1) is 0 Å². The van der Waals surface area contributed by atoms with Crippen LogP contribution in [0.15, 0.2) is 68.1 Å². The molecule has 0 saturated carbocycles. The van der Waals surface area contributed by atoms with Gasteiger partial charge in [-0.1, -0.05) is 48.5 Å². The summed E-state index contributed by atoms with van der Waals surface area (Å²) in [5, 5.41) is 0. The maximum atomic E-state index is 5.30. The number of rotatable bonds is 8. The van der Waals surface area contributed by atoms with Crippen LogP contribution in [0.25, 0.3) is 0 Å². The summed E-state index contributed by atoms with van der Waals surface area (Å²) in [7, 11) is 0. The monoisotopic (exact) mass is 368 g/mol. The van der Waals surface area contributed by atoms with Gasteiger partial charge in [-0.15, -0.1) is 23.5 Å². The van der Waals surface area contributed by atoms with Gasteiger partial charge in [-0.05, 0) is 9.79 Å². The lowest BCUT2D eigenvalue weighted by molar-refractivity contribution is 1.25. The van der Waals surface area contributed by atoms with Crippen molar-refractivity contribution in [2.24, 2.45) is 0 Å². The topological polar surface area (TPSA) is 0 Å². The molecule has 0 aliphatic carbocycles. The van der Waals surface area contributed by atoms with Crippen LogP contribution in [0.2, 0.25) is 0 Å². The minimum atomic E-state index is 0.963. The molecular formula is C16H16S5-2. The summed E-state index contributed by atoms with van der Waals surface area (Å²) in [5.41, 5.74) is 0. The molecule has 2 rings (SSSR count). The summed E-state index contributed by atoms with van der Waals surface area (Å²) in [6, 6.07) is 16.3. The van der Waals surface area contributed by atoms with Crippen LogP contribution in [-0.4, -0.2) is 23.0 Å². The average Bonchev–Trinajstić information content (AvgIpc) is 2.50. The molecule has 0 aliphatic heterocycles. The maximum absolute atomic E-state index is 5.30. The lowest BCUT2D eigenvalue weighted by atomic mass is 10.4. The Bertz CT molecular complexity index is 506. The van der Waals surface area contributed by atoms with Crippen molar-refractivity contribution in [3.63, 3.8) is 0 Å². The van der Waals surface area contributed by atoms with Gasteiger partial charge in [0.1, 0.15) is 0 Å². The molecule has 0 saturated heterocycles. The van der Waals surface area contributed by atoms with Gasteiger partial charge in [0.2, 0.25) is 0 Å². The fourth-order valence-corrected chi connectivity index (χ4v) is 5.33. The van der Waals surface area contributed by atoms with Gasteiger partial charge >= 0.3 is 0 Å². The van der Waals surface area contributed by atoms with Crippen LogP contribution in [0, 0.1) is 0 Å². The summed E-state index contributed by atoms with van der Waals surface area (Å²) >= 11 is 16.3. The molecule has 112 valence electrons. The Kier molecular flexibility index (Phi) is 8.11. The average molecular weight is 369 g/mol. The van der Waals surface area contributed by atoms with Crippen molar-refractivity contribution in [3.8, 4) is 0 Å². The lowest BCUT2D eigenvalue weighted by Crippen LogP contribution is -1.91. The summed E-state index contributed by atoms with van der Waals surface area (Å²) < 4.78 is 0. The molecule has 0 fully saturated rings. The van der Waals surface area contributed by atoms with E-state index in [2.05, 4.69) is 12.1 Å². The highest BCUT2D eigenvalue weighted by Crippen LogP contribution is 2.25. The summed E-state index contributed by atoms with van der Waals surface area (Å²) in [5.74, 6) is 4.54. The molecule has 2 aromatic rings. The Morgan fingerprint density at radius 2 is 1.05 bits per heavy atom. The second-order valence-corrected chi connectivity index (χ2v) is 8.58. The minimum absolute atomic E-state index is 0.963. The Hall–Kier alpha value is -0.0700. The molecule has 0 aliphatic rings. The zero-order valence-electron chi connectivity index (χ0n) is 11.5. The van der Waals surface area contributed by atoms with E-state index in [0.717, 1.165) is 32.8 Å². The molecule has 0 heterocycles. The van der Waals surface area contributed by atoms with Crippen molar-refractivity contribution in [1.29, 1.82) is 0 Å². The van der Waals surface area contributed by atoms with Gasteiger partial charge in [0.25, 0.3) is 0 Å². The Balaban J connectivity index is 1.57. The van der Waals surface area contributed by atoms with E-state index in [0.29, 0.717) is 0 Å². The first-order valence-corrected chi connectivity index (χ1v) is 10.6. The van der Waals surface area contributed by atoms with E-state index in [9.17, 15) is 0 Å². The van der Waals surface area contributed by atoms with Gasteiger partial charge < -0.3 is 25.3 Å². The predicted octanol–water partition coefficient (Wildman–Crippen LogP) is 5.12. The number of benzene rings is 2.